The molecular weight excluding hydrogens is 428 g/mol. The number of urea groups is 1. The number of nitrogens with one attached hydrogen (secondary N) is 1. The third kappa shape index (κ3) is 5.66. The number of carbonyl (C=O) groups is 2. The van der Waals surface area contributed by atoms with E-state index in [0.29, 0.717) is 31.9 Å². The average Bonchev–Trinajstić information content (AvgIpc) is 3.50. The standard InChI is InChI=1S/C23H30N4O4S/c1-4-11-24-23(29)26(12-13-30-2)16-22(28)27-19(17-8-5-6-9-20(17)31-3)15-18(25-27)21-10-7-14-32-21/h5-10,14,19H,4,11-13,15-16H2,1-3H3,(H,24,29). The Kier molecular flexibility index (Phi) is 8.64. The number of amides is 3. The molecule has 1 unspecified atom stereocenters. The highest BCUT2D eigenvalue weighted by Crippen LogP contribution is 2.38. The summed E-state index contributed by atoms with van der Waals surface area (Å²) in [5, 5.41) is 11.0. The minimum atomic E-state index is -0.307. The molecule has 8 nitrogen and oxygen atoms in total. The molecule has 32 heavy (non-hydrogen) atoms. The number of methoxy groups -OCH3 is 2. The maximum absolute atomic E-state index is 13.4. The summed E-state index contributed by atoms with van der Waals surface area (Å²) < 4.78 is 10.7. The molecule has 0 fully saturated rings. The van der Waals surface area contributed by atoms with Crippen molar-refractivity contribution in [2.75, 3.05) is 40.5 Å². The molecule has 1 aliphatic rings. The topological polar surface area (TPSA) is 83.5 Å². The highest BCUT2D eigenvalue weighted by atomic mass is 32.1. The van der Waals surface area contributed by atoms with Gasteiger partial charge in [-0.25, -0.2) is 9.80 Å². The van der Waals surface area contributed by atoms with Crippen molar-refractivity contribution in [2.45, 2.75) is 25.8 Å². The Labute approximate surface area is 192 Å². The van der Waals surface area contributed by atoms with Crippen LogP contribution in [0.5, 0.6) is 5.75 Å². The van der Waals surface area contributed by atoms with E-state index in [9.17, 15) is 9.59 Å². The lowest BCUT2D eigenvalue weighted by molar-refractivity contribution is -0.133. The van der Waals surface area contributed by atoms with Crippen molar-refractivity contribution >= 4 is 29.0 Å². The van der Waals surface area contributed by atoms with Gasteiger partial charge in [0.2, 0.25) is 0 Å². The lowest BCUT2D eigenvalue weighted by atomic mass is 10.00. The number of hydrazone groups is 1. The SMILES string of the molecule is CCCNC(=O)N(CCOC)CC(=O)N1N=C(c2cccs2)CC1c1ccccc1OC. The van der Waals surface area contributed by atoms with Crippen LogP contribution in [0.4, 0.5) is 4.79 Å². The highest BCUT2D eigenvalue weighted by molar-refractivity contribution is 7.12. The van der Waals surface area contributed by atoms with Crippen molar-refractivity contribution in [1.82, 2.24) is 15.2 Å². The second-order valence-corrected chi connectivity index (χ2v) is 8.32. The first-order valence-electron chi connectivity index (χ1n) is 10.7. The van der Waals surface area contributed by atoms with Gasteiger partial charge in [0.1, 0.15) is 12.3 Å². The highest BCUT2D eigenvalue weighted by Gasteiger charge is 2.36. The van der Waals surface area contributed by atoms with Gasteiger partial charge in [-0.2, -0.15) is 5.10 Å². The van der Waals surface area contributed by atoms with Crippen molar-refractivity contribution in [3.63, 3.8) is 0 Å². The van der Waals surface area contributed by atoms with E-state index in [-0.39, 0.29) is 24.5 Å². The molecule has 2 heterocycles. The molecule has 9 heteroatoms. The number of rotatable bonds is 10. The van der Waals surface area contributed by atoms with Crippen LogP contribution in [0.25, 0.3) is 0 Å². The van der Waals surface area contributed by atoms with Gasteiger partial charge in [0, 0.05) is 32.2 Å². The van der Waals surface area contributed by atoms with Gasteiger partial charge in [0.05, 0.1) is 30.3 Å². The molecule has 1 atom stereocenters. The quantitative estimate of drug-likeness (QED) is 0.591. The number of para-hydroxylation sites is 1. The van der Waals surface area contributed by atoms with Crippen molar-refractivity contribution in [3.05, 3.63) is 52.2 Å². The first kappa shape index (κ1) is 23.7. The van der Waals surface area contributed by atoms with Crippen LogP contribution < -0.4 is 10.1 Å². The van der Waals surface area contributed by atoms with Crippen LogP contribution in [0.3, 0.4) is 0 Å². The summed E-state index contributed by atoms with van der Waals surface area (Å²) in [6.45, 7) is 3.09. The molecule has 1 N–H and O–H groups in total. The van der Waals surface area contributed by atoms with Crippen LogP contribution in [-0.2, 0) is 9.53 Å². The van der Waals surface area contributed by atoms with E-state index >= 15 is 0 Å². The fourth-order valence-corrected chi connectivity index (χ4v) is 4.27. The van der Waals surface area contributed by atoms with Crippen molar-refractivity contribution in [3.8, 4) is 5.75 Å². The Morgan fingerprint density at radius 1 is 1.25 bits per heavy atom. The fourth-order valence-electron chi connectivity index (χ4n) is 3.55. The molecule has 1 aromatic carbocycles. The molecule has 0 bridgehead atoms. The van der Waals surface area contributed by atoms with E-state index in [1.165, 1.54) is 9.91 Å². The monoisotopic (exact) mass is 458 g/mol. The van der Waals surface area contributed by atoms with Crippen molar-refractivity contribution < 1.29 is 19.1 Å². The number of hydrogen-bond donors (Lipinski definition) is 1. The van der Waals surface area contributed by atoms with Crippen molar-refractivity contribution in [2.24, 2.45) is 5.10 Å². The second kappa shape index (κ2) is 11.6. The molecule has 0 saturated heterocycles. The summed E-state index contributed by atoms with van der Waals surface area (Å²) in [6, 6.07) is 11.0. The number of nitrogens with zero attached hydrogens (tertiary/aromatic N) is 3. The molecular formula is C23H30N4O4S. The Morgan fingerprint density at radius 2 is 2.06 bits per heavy atom. The van der Waals surface area contributed by atoms with E-state index in [1.807, 2.05) is 48.7 Å². The number of carbonyl (C=O) groups excluding carboxylic acids is 2. The Balaban J connectivity index is 1.86. The summed E-state index contributed by atoms with van der Waals surface area (Å²) in [7, 11) is 3.19. The van der Waals surface area contributed by atoms with Gasteiger partial charge in [-0.1, -0.05) is 31.2 Å². The van der Waals surface area contributed by atoms with Gasteiger partial charge in [0.15, 0.2) is 0 Å². The lowest BCUT2D eigenvalue weighted by Crippen LogP contribution is -2.47. The van der Waals surface area contributed by atoms with Crippen LogP contribution in [0.1, 0.15) is 36.2 Å². The van der Waals surface area contributed by atoms with E-state index in [1.54, 1.807) is 25.6 Å². The molecule has 0 saturated carbocycles. The van der Waals surface area contributed by atoms with Crippen LogP contribution in [-0.4, -0.2) is 68.0 Å². The van der Waals surface area contributed by atoms with Crippen LogP contribution >= 0.6 is 11.3 Å². The lowest BCUT2D eigenvalue weighted by Gasteiger charge is -2.27. The zero-order valence-corrected chi connectivity index (χ0v) is 19.6. The summed E-state index contributed by atoms with van der Waals surface area (Å²) in [4.78, 5) is 28.5. The molecule has 2 aromatic rings. The molecule has 1 aromatic heterocycles. The van der Waals surface area contributed by atoms with Crippen molar-refractivity contribution in [1.29, 1.82) is 0 Å². The van der Waals surface area contributed by atoms with Gasteiger partial charge in [-0.05, 0) is 23.9 Å². The Bertz CT molecular complexity index is 932. The molecule has 3 rings (SSSR count). The van der Waals surface area contributed by atoms with E-state index in [0.717, 1.165) is 22.6 Å². The number of benzene rings is 1. The Morgan fingerprint density at radius 3 is 2.75 bits per heavy atom. The second-order valence-electron chi connectivity index (χ2n) is 7.37. The number of hydrogen-bond acceptors (Lipinski definition) is 6. The molecule has 3 amide bonds. The predicted octanol–water partition coefficient (Wildman–Crippen LogP) is 3.50. The molecule has 1 aliphatic heterocycles. The van der Waals surface area contributed by atoms with Crippen LogP contribution in [0, 0.1) is 0 Å². The molecule has 0 radical (unpaired) electrons. The minimum absolute atomic E-state index is 0.0915. The van der Waals surface area contributed by atoms with Gasteiger partial charge >= 0.3 is 6.03 Å². The molecule has 172 valence electrons. The molecule has 0 aliphatic carbocycles. The first-order chi connectivity index (χ1) is 15.6. The summed E-state index contributed by atoms with van der Waals surface area (Å²) in [6.07, 6.45) is 1.39. The fraction of sp³-hybridized carbons (Fsp3) is 0.435. The average molecular weight is 459 g/mol. The molecule has 0 spiro atoms. The number of thiophene rings is 1. The summed E-state index contributed by atoms with van der Waals surface area (Å²) in [5.41, 5.74) is 1.74. The largest absolute Gasteiger partial charge is 0.496 e. The summed E-state index contributed by atoms with van der Waals surface area (Å²) >= 11 is 1.59. The zero-order chi connectivity index (χ0) is 22.9. The minimum Gasteiger partial charge on any atom is -0.496 e. The normalized spacial score (nSPS) is 15.4. The summed E-state index contributed by atoms with van der Waals surface area (Å²) in [5.74, 6) is 0.449. The van der Waals surface area contributed by atoms with Gasteiger partial charge < -0.3 is 19.7 Å². The van der Waals surface area contributed by atoms with Gasteiger partial charge in [-0.15, -0.1) is 11.3 Å². The Hall–Kier alpha value is -2.91. The zero-order valence-electron chi connectivity index (χ0n) is 18.7. The van der Waals surface area contributed by atoms with Gasteiger partial charge in [-0.3, -0.25) is 4.79 Å². The van der Waals surface area contributed by atoms with Gasteiger partial charge in [0.25, 0.3) is 5.91 Å². The smallest absolute Gasteiger partial charge is 0.317 e. The predicted molar refractivity (Wildman–Crippen MR) is 125 cm³/mol. The van der Waals surface area contributed by atoms with E-state index in [2.05, 4.69) is 10.4 Å². The maximum Gasteiger partial charge on any atom is 0.317 e. The van der Waals surface area contributed by atoms with E-state index in [4.69, 9.17) is 9.47 Å². The number of ether oxygens (including phenoxy) is 2. The van der Waals surface area contributed by atoms with Crippen LogP contribution in [0.2, 0.25) is 0 Å². The third-order valence-electron chi connectivity index (χ3n) is 5.17. The van der Waals surface area contributed by atoms with E-state index < -0.39 is 0 Å². The van der Waals surface area contributed by atoms with Crippen LogP contribution in [0.15, 0.2) is 46.9 Å². The first-order valence-corrected chi connectivity index (χ1v) is 11.5. The third-order valence-corrected chi connectivity index (χ3v) is 6.09. The maximum atomic E-state index is 13.4.